The van der Waals surface area contributed by atoms with Gasteiger partial charge in [-0.05, 0) is 50.4 Å². The second-order valence-corrected chi connectivity index (χ2v) is 10.0. The molecule has 2 aliphatic heterocycles. The van der Waals surface area contributed by atoms with Gasteiger partial charge in [-0.2, -0.15) is 0 Å². The molecule has 1 aromatic rings. The quantitative estimate of drug-likeness (QED) is 0.819. The fraction of sp³-hybridized carbons (Fsp3) is 0.700. The Morgan fingerprint density at radius 1 is 1.14 bits per heavy atom. The van der Waals surface area contributed by atoms with Crippen molar-refractivity contribution in [2.24, 2.45) is 5.92 Å². The van der Waals surface area contributed by atoms with E-state index in [1.807, 2.05) is 12.1 Å². The minimum atomic E-state index is -3.27. The van der Waals surface area contributed by atoms with Gasteiger partial charge < -0.3 is 5.32 Å². The summed E-state index contributed by atoms with van der Waals surface area (Å²) in [6.07, 6.45) is 8.42. The van der Waals surface area contributed by atoms with Crippen molar-refractivity contribution < 1.29 is 13.2 Å². The molecule has 3 heterocycles. The number of rotatable bonds is 4. The van der Waals surface area contributed by atoms with Gasteiger partial charge in [0, 0.05) is 44.6 Å². The lowest BCUT2D eigenvalue weighted by Gasteiger charge is -2.43. The van der Waals surface area contributed by atoms with Crippen molar-refractivity contribution in [1.29, 1.82) is 0 Å². The van der Waals surface area contributed by atoms with Crippen molar-refractivity contribution in [3.63, 3.8) is 0 Å². The Hall–Kier alpha value is -1.51. The Bertz CT molecular complexity index is 741. The molecule has 0 radical (unpaired) electrons. The third-order valence-corrected chi connectivity index (χ3v) is 7.76. The molecule has 2 fully saturated rings. The summed E-state index contributed by atoms with van der Waals surface area (Å²) in [5.41, 5.74) is 1.14. The number of nitrogens with one attached hydrogen (secondary N) is 1. The Labute approximate surface area is 168 Å². The second-order valence-electron chi connectivity index (χ2n) is 7.75. The first kappa shape index (κ1) is 21.2. The highest BCUT2D eigenvalue weighted by molar-refractivity contribution is 7.89. The van der Waals surface area contributed by atoms with Gasteiger partial charge in [-0.3, -0.25) is 14.7 Å². The smallest absolute Gasteiger partial charge is 0.224 e. The Morgan fingerprint density at radius 2 is 1.89 bits per heavy atom. The zero-order valence-electron chi connectivity index (χ0n) is 16.7. The van der Waals surface area contributed by atoms with Gasteiger partial charge in [-0.1, -0.05) is 12.8 Å². The van der Waals surface area contributed by atoms with Gasteiger partial charge in [-0.15, -0.1) is 0 Å². The van der Waals surface area contributed by atoms with E-state index >= 15 is 0 Å². The van der Waals surface area contributed by atoms with Crippen molar-refractivity contribution >= 4 is 15.9 Å². The number of fused-ring (bicyclic) bond motifs is 1. The van der Waals surface area contributed by atoms with Gasteiger partial charge >= 0.3 is 0 Å². The maximum Gasteiger partial charge on any atom is 0.224 e. The fourth-order valence-electron chi connectivity index (χ4n) is 4.23. The van der Waals surface area contributed by atoms with Crippen molar-refractivity contribution in [3.05, 3.63) is 30.1 Å². The van der Waals surface area contributed by atoms with E-state index in [1.165, 1.54) is 0 Å². The maximum atomic E-state index is 12.9. The highest BCUT2D eigenvalue weighted by Crippen LogP contribution is 2.27. The number of pyridine rings is 1. The summed E-state index contributed by atoms with van der Waals surface area (Å²) in [4.78, 5) is 19.3. The molecule has 1 amide bonds. The van der Waals surface area contributed by atoms with Gasteiger partial charge in [0.1, 0.15) is 0 Å². The van der Waals surface area contributed by atoms with Crippen LogP contribution in [-0.2, 0) is 21.4 Å². The molecule has 28 heavy (non-hydrogen) atoms. The highest BCUT2D eigenvalue weighted by atomic mass is 32.2. The molecule has 8 heteroatoms. The molecule has 0 spiro atoms. The molecule has 2 unspecified atom stereocenters. The highest BCUT2D eigenvalue weighted by Gasteiger charge is 2.40. The summed E-state index contributed by atoms with van der Waals surface area (Å²) in [5.74, 6) is -0.00979. The van der Waals surface area contributed by atoms with Crippen LogP contribution in [0.3, 0.4) is 0 Å². The molecule has 2 atom stereocenters. The number of piperidine rings is 1. The maximum absolute atomic E-state index is 12.9. The van der Waals surface area contributed by atoms with Crippen LogP contribution in [0.2, 0.25) is 0 Å². The van der Waals surface area contributed by atoms with E-state index in [2.05, 4.69) is 15.2 Å². The molecular weight excluding hydrogens is 376 g/mol. The normalized spacial score (nSPS) is 26.1. The molecule has 0 saturated carbocycles. The van der Waals surface area contributed by atoms with Crippen LogP contribution in [0.15, 0.2) is 24.5 Å². The molecule has 1 N–H and O–H groups in total. The van der Waals surface area contributed by atoms with Crippen LogP contribution in [0, 0.1) is 5.92 Å². The molecule has 7 nitrogen and oxygen atoms in total. The average Bonchev–Trinajstić information content (AvgIpc) is 2.74. The van der Waals surface area contributed by atoms with Crippen molar-refractivity contribution in [3.8, 4) is 0 Å². The molecular formula is C20H32N4O3S. The van der Waals surface area contributed by atoms with Crippen LogP contribution >= 0.6 is 0 Å². The lowest BCUT2D eigenvalue weighted by atomic mass is 9.90. The number of amides is 1. The van der Waals surface area contributed by atoms with Gasteiger partial charge in [0.2, 0.25) is 15.9 Å². The summed E-state index contributed by atoms with van der Waals surface area (Å²) in [6.45, 7) is 4.78. The molecule has 3 rings (SSSR count). The van der Waals surface area contributed by atoms with Crippen LogP contribution in [-0.4, -0.2) is 66.5 Å². The average molecular weight is 409 g/mol. The number of hydrogen-bond acceptors (Lipinski definition) is 5. The van der Waals surface area contributed by atoms with Gasteiger partial charge in [0.05, 0.1) is 11.7 Å². The number of carbonyl (C=O) groups is 1. The number of hydrogen-bond donors (Lipinski definition) is 1. The van der Waals surface area contributed by atoms with Crippen molar-refractivity contribution in [2.75, 3.05) is 31.9 Å². The molecule has 2 aliphatic rings. The van der Waals surface area contributed by atoms with E-state index in [1.54, 1.807) is 23.6 Å². The standard InChI is InChI=1S/C20H32N4O3S/c1-2-28(26,27)24-14-9-18-19(16-24)23(15-17-7-11-21-12-8-17)13-6-4-3-5-10-22-20(18)25/h7-8,11-12,18-19H,2-6,9-10,13-16H2,1H3,(H,22,25). The Kier molecular flexibility index (Phi) is 7.42. The van der Waals surface area contributed by atoms with Crippen LogP contribution in [0.5, 0.6) is 0 Å². The second kappa shape index (κ2) is 9.80. The van der Waals surface area contributed by atoms with Crippen molar-refractivity contribution in [1.82, 2.24) is 19.5 Å². The van der Waals surface area contributed by atoms with Crippen LogP contribution in [0.1, 0.15) is 44.6 Å². The van der Waals surface area contributed by atoms with Crippen LogP contribution in [0.25, 0.3) is 0 Å². The third-order valence-electron chi connectivity index (χ3n) is 5.91. The number of aromatic nitrogens is 1. The van der Waals surface area contributed by atoms with E-state index in [0.29, 0.717) is 32.6 Å². The summed E-state index contributed by atoms with van der Waals surface area (Å²) in [5, 5.41) is 3.09. The van der Waals surface area contributed by atoms with Gasteiger partial charge in [-0.25, -0.2) is 12.7 Å². The third kappa shape index (κ3) is 5.30. The first-order chi connectivity index (χ1) is 13.5. The summed E-state index contributed by atoms with van der Waals surface area (Å²) in [7, 11) is -3.27. The van der Waals surface area contributed by atoms with E-state index < -0.39 is 10.0 Å². The topological polar surface area (TPSA) is 82.6 Å². The Morgan fingerprint density at radius 3 is 2.64 bits per heavy atom. The first-order valence-electron chi connectivity index (χ1n) is 10.4. The Balaban J connectivity index is 1.88. The monoisotopic (exact) mass is 408 g/mol. The molecule has 1 aromatic heterocycles. The van der Waals surface area contributed by atoms with Crippen molar-refractivity contribution in [2.45, 2.75) is 51.6 Å². The number of carbonyl (C=O) groups excluding carboxylic acids is 1. The molecule has 0 aromatic carbocycles. The van der Waals surface area contributed by atoms with E-state index in [0.717, 1.165) is 37.8 Å². The summed E-state index contributed by atoms with van der Waals surface area (Å²) < 4.78 is 26.6. The minimum absolute atomic E-state index is 0.0696. The van der Waals surface area contributed by atoms with E-state index in [-0.39, 0.29) is 23.6 Å². The lowest BCUT2D eigenvalue weighted by Crippen LogP contribution is -2.57. The fourth-order valence-corrected chi connectivity index (χ4v) is 5.36. The van der Waals surface area contributed by atoms with E-state index in [4.69, 9.17) is 0 Å². The molecule has 2 saturated heterocycles. The summed E-state index contributed by atoms with van der Waals surface area (Å²) >= 11 is 0. The first-order valence-corrected chi connectivity index (χ1v) is 12.0. The van der Waals surface area contributed by atoms with Gasteiger partial charge in [0.25, 0.3) is 0 Å². The largest absolute Gasteiger partial charge is 0.356 e. The predicted octanol–water partition coefficient (Wildman–Crippen LogP) is 1.61. The SMILES string of the molecule is CCS(=O)(=O)N1CCC2C(=O)NCCCCCCN(Cc3ccncc3)C2C1. The lowest BCUT2D eigenvalue weighted by molar-refractivity contribution is -0.129. The predicted molar refractivity (Wildman–Crippen MR) is 109 cm³/mol. The van der Waals surface area contributed by atoms with Crippen LogP contribution < -0.4 is 5.32 Å². The zero-order valence-corrected chi connectivity index (χ0v) is 17.5. The summed E-state index contributed by atoms with van der Waals surface area (Å²) in [6, 6.07) is 3.87. The molecule has 0 bridgehead atoms. The number of sulfonamides is 1. The zero-order chi connectivity index (χ0) is 20.0. The van der Waals surface area contributed by atoms with Gasteiger partial charge in [0.15, 0.2) is 0 Å². The molecule has 0 aliphatic carbocycles. The minimum Gasteiger partial charge on any atom is -0.356 e. The molecule has 156 valence electrons. The number of nitrogens with zero attached hydrogens (tertiary/aromatic N) is 3. The van der Waals surface area contributed by atoms with E-state index in [9.17, 15) is 13.2 Å². The van der Waals surface area contributed by atoms with Crippen LogP contribution in [0.4, 0.5) is 0 Å².